The van der Waals surface area contributed by atoms with Gasteiger partial charge in [0.25, 0.3) is 0 Å². The van der Waals surface area contributed by atoms with Crippen molar-refractivity contribution in [2.45, 2.75) is 13.8 Å². The predicted octanol–water partition coefficient (Wildman–Crippen LogP) is 2.92. The summed E-state index contributed by atoms with van der Waals surface area (Å²) in [6, 6.07) is 7.90. The lowest BCUT2D eigenvalue weighted by molar-refractivity contribution is 0.182. The number of hydrogen-bond donors (Lipinski definition) is 0. The third kappa shape index (κ3) is 3.52. The molecule has 0 aliphatic carbocycles. The molecule has 0 saturated heterocycles. The third-order valence-electron chi connectivity index (χ3n) is 1.77. The van der Waals surface area contributed by atoms with Crippen molar-refractivity contribution in [1.82, 2.24) is 0 Å². The average Bonchev–Trinajstić information content (AvgIpc) is 2.17. The smallest absolute Gasteiger partial charge is 0.145 e. The van der Waals surface area contributed by atoms with E-state index in [0.717, 1.165) is 5.75 Å². The number of rotatable bonds is 5. The van der Waals surface area contributed by atoms with Gasteiger partial charge in [0.05, 0.1) is 6.61 Å². The Hall–Kier alpha value is -1.44. The maximum Gasteiger partial charge on any atom is 0.145 e. The molecule has 0 saturated carbocycles. The van der Waals surface area contributed by atoms with Crippen LogP contribution in [0.2, 0.25) is 0 Å². The third-order valence-corrected chi connectivity index (χ3v) is 1.77. The summed E-state index contributed by atoms with van der Waals surface area (Å²) in [5, 5.41) is 0. The van der Waals surface area contributed by atoms with E-state index in [1.54, 1.807) is 0 Å². The zero-order valence-corrected chi connectivity index (χ0v) is 8.75. The minimum atomic E-state index is 0.414. The molecule has 0 radical (unpaired) electrons. The van der Waals surface area contributed by atoms with E-state index >= 15 is 0 Å². The SMILES string of the molecule is C=C(COc1ccc(C)cc1)OCC. The van der Waals surface area contributed by atoms with E-state index in [2.05, 4.69) is 6.58 Å². The monoisotopic (exact) mass is 192 g/mol. The molecule has 0 atom stereocenters. The molecule has 76 valence electrons. The van der Waals surface area contributed by atoms with Crippen molar-refractivity contribution >= 4 is 0 Å². The Morgan fingerprint density at radius 2 is 1.93 bits per heavy atom. The first-order chi connectivity index (χ1) is 6.72. The number of ether oxygens (including phenoxy) is 2. The van der Waals surface area contributed by atoms with Crippen molar-refractivity contribution in [2.24, 2.45) is 0 Å². The Morgan fingerprint density at radius 3 is 2.50 bits per heavy atom. The molecular formula is C12H16O2. The summed E-state index contributed by atoms with van der Waals surface area (Å²) in [6.07, 6.45) is 0. The molecule has 0 heterocycles. The van der Waals surface area contributed by atoms with Gasteiger partial charge in [-0.3, -0.25) is 0 Å². The summed E-state index contributed by atoms with van der Waals surface area (Å²) in [5.74, 6) is 1.50. The molecule has 0 aliphatic heterocycles. The van der Waals surface area contributed by atoms with Gasteiger partial charge in [0, 0.05) is 0 Å². The van der Waals surface area contributed by atoms with Gasteiger partial charge in [-0.05, 0) is 26.0 Å². The van der Waals surface area contributed by atoms with Crippen LogP contribution in [-0.2, 0) is 4.74 Å². The number of aryl methyl sites for hydroxylation is 1. The van der Waals surface area contributed by atoms with E-state index in [4.69, 9.17) is 9.47 Å². The maximum atomic E-state index is 5.45. The molecule has 14 heavy (non-hydrogen) atoms. The van der Waals surface area contributed by atoms with Gasteiger partial charge in [-0.1, -0.05) is 24.3 Å². The van der Waals surface area contributed by atoms with Crippen LogP contribution in [-0.4, -0.2) is 13.2 Å². The van der Waals surface area contributed by atoms with E-state index < -0.39 is 0 Å². The lowest BCUT2D eigenvalue weighted by Gasteiger charge is -2.08. The Bertz CT molecular complexity index is 288. The van der Waals surface area contributed by atoms with Crippen molar-refractivity contribution in [3.05, 3.63) is 42.2 Å². The van der Waals surface area contributed by atoms with Crippen LogP contribution >= 0.6 is 0 Å². The van der Waals surface area contributed by atoms with Crippen molar-refractivity contribution in [3.63, 3.8) is 0 Å². The largest absolute Gasteiger partial charge is 0.495 e. The van der Waals surface area contributed by atoms with Gasteiger partial charge in [0.2, 0.25) is 0 Å². The minimum Gasteiger partial charge on any atom is -0.495 e. The van der Waals surface area contributed by atoms with Gasteiger partial charge in [-0.25, -0.2) is 0 Å². The highest BCUT2D eigenvalue weighted by Gasteiger charge is 1.96. The van der Waals surface area contributed by atoms with Crippen molar-refractivity contribution in [2.75, 3.05) is 13.2 Å². The summed E-state index contributed by atoms with van der Waals surface area (Å²) in [4.78, 5) is 0. The molecule has 1 rings (SSSR count). The molecule has 2 nitrogen and oxygen atoms in total. The fourth-order valence-corrected chi connectivity index (χ4v) is 1.04. The van der Waals surface area contributed by atoms with Crippen LogP contribution in [0.5, 0.6) is 5.75 Å². The van der Waals surface area contributed by atoms with E-state index in [0.29, 0.717) is 19.0 Å². The van der Waals surface area contributed by atoms with E-state index in [1.165, 1.54) is 5.56 Å². The van der Waals surface area contributed by atoms with Gasteiger partial charge in [0.15, 0.2) is 0 Å². The van der Waals surface area contributed by atoms with E-state index in [-0.39, 0.29) is 0 Å². The molecule has 0 unspecified atom stereocenters. The summed E-state index contributed by atoms with van der Waals surface area (Å²) in [5.41, 5.74) is 1.22. The van der Waals surface area contributed by atoms with Crippen molar-refractivity contribution in [3.8, 4) is 5.75 Å². The van der Waals surface area contributed by atoms with Crippen molar-refractivity contribution in [1.29, 1.82) is 0 Å². The first kappa shape index (κ1) is 10.6. The van der Waals surface area contributed by atoms with Gasteiger partial charge in [-0.15, -0.1) is 0 Å². The summed E-state index contributed by atoms with van der Waals surface area (Å²) >= 11 is 0. The Morgan fingerprint density at radius 1 is 1.29 bits per heavy atom. The van der Waals surface area contributed by atoms with Crippen LogP contribution in [0.25, 0.3) is 0 Å². The van der Waals surface area contributed by atoms with Crippen LogP contribution in [0.15, 0.2) is 36.6 Å². The van der Waals surface area contributed by atoms with Gasteiger partial charge < -0.3 is 9.47 Å². The molecule has 0 amide bonds. The highest BCUT2D eigenvalue weighted by Crippen LogP contribution is 2.12. The normalized spacial score (nSPS) is 9.57. The topological polar surface area (TPSA) is 18.5 Å². The molecular weight excluding hydrogens is 176 g/mol. The first-order valence-corrected chi connectivity index (χ1v) is 4.72. The number of benzene rings is 1. The summed E-state index contributed by atoms with van der Waals surface area (Å²) < 4.78 is 10.6. The lowest BCUT2D eigenvalue weighted by Crippen LogP contribution is -2.03. The van der Waals surface area contributed by atoms with Crippen LogP contribution < -0.4 is 4.74 Å². The zero-order valence-electron chi connectivity index (χ0n) is 8.75. The highest BCUT2D eigenvalue weighted by atomic mass is 16.5. The molecule has 0 N–H and O–H groups in total. The van der Waals surface area contributed by atoms with Crippen LogP contribution in [0, 0.1) is 6.92 Å². The molecule has 0 spiro atoms. The fourth-order valence-electron chi connectivity index (χ4n) is 1.04. The van der Waals surface area contributed by atoms with Gasteiger partial charge in [0.1, 0.15) is 18.1 Å². The Balaban J connectivity index is 2.38. The molecule has 2 heteroatoms. The highest BCUT2D eigenvalue weighted by molar-refractivity contribution is 5.26. The van der Waals surface area contributed by atoms with Crippen LogP contribution in [0.3, 0.4) is 0 Å². The second-order valence-corrected chi connectivity index (χ2v) is 3.07. The van der Waals surface area contributed by atoms with Gasteiger partial charge in [-0.2, -0.15) is 0 Å². The maximum absolute atomic E-state index is 5.45. The molecule has 0 bridgehead atoms. The Labute approximate surface area is 85.2 Å². The van der Waals surface area contributed by atoms with Crippen LogP contribution in [0.4, 0.5) is 0 Å². The number of hydrogen-bond acceptors (Lipinski definition) is 2. The summed E-state index contributed by atoms with van der Waals surface area (Å²) in [6.45, 7) is 8.75. The zero-order chi connectivity index (χ0) is 10.4. The fraction of sp³-hybridized carbons (Fsp3) is 0.333. The Kier molecular flexibility index (Phi) is 4.05. The summed E-state index contributed by atoms with van der Waals surface area (Å²) in [7, 11) is 0. The second-order valence-electron chi connectivity index (χ2n) is 3.07. The molecule has 1 aromatic rings. The van der Waals surface area contributed by atoms with E-state index in [1.807, 2.05) is 38.1 Å². The molecule has 1 aromatic carbocycles. The standard InChI is InChI=1S/C12H16O2/c1-4-13-11(3)9-14-12-7-5-10(2)6-8-12/h5-8H,3-4,9H2,1-2H3. The quantitative estimate of drug-likeness (QED) is 0.668. The molecule has 0 fully saturated rings. The predicted molar refractivity (Wildman–Crippen MR) is 57.4 cm³/mol. The molecule has 0 aliphatic rings. The van der Waals surface area contributed by atoms with Crippen molar-refractivity contribution < 1.29 is 9.47 Å². The van der Waals surface area contributed by atoms with Crippen LogP contribution in [0.1, 0.15) is 12.5 Å². The van der Waals surface area contributed by atoms with E-state index in [9.17, 15) is 0 Å². The molecule has 0 aromatic heterocycles. The minimum absolute atomic E-state index is 0.414. The average molecular weight is 192 g/mol. The van der Waals surface area contributed by atoms with Gasteiger partial charge >= 0.3 is 0 Å². The first-order valence-electron chi connectivity index (χ1n) is 4.72. The lowest BCUT2D eigenvalue weighted by atomic mass is 10.2. The second kappa shape index (κ2) is 5.32.